The van der Waals surface area contributed by atoms with Crippen LogP contribution in [0.1, 0.15) is 10.4 Å². The normalized spacial score (nSPS) is 10.3. The predicted octanol–water partition coefficient (Wildman–Crippen LogP) is 0.836. The molecule has 120 valence electrons. The highest BCUT2D eigenvalue weighted by Crippen LogP contribution is 2.36. The van der Waals surface area contributed by atoms with Crippen LogP contribution >= 0.6 is 22.6 Å². The number of alkyl halides is 1. The number of amides is 1. The summed E-state index contributed by atoms with van der Waals surface area (Å²) >= 11 is 2.03. The zero-order chi connectivity index (χ0) is 16.9. The van der Waals surface area contributed by atoms with Crippen LogP contribution in [-0.4, -0.2) is 45.0 Å². The summed E-state index contributed by atoms with van der Waals surface area (Å²) in [5, 5.41) is 31.2. The van der Waals surface area contributed by atoms with E-state index in [-0.39, 0.29) is 24.4 Å². The average Bonchev–Trinajstić information content (AvgIpc) is 2.45. The molecule has 1 rings (SSSR count). The first-order valence-electron chi connectivity index (χ1n) is 6.01. The molecule has 0 saturated carbocycles. The summed E-state index contributed by atoms with van der Waals surface area (Å²) in [6, 6.07) is 1.68. The number of anilines is 1. The van der Waals surface area contributed by atoms with Crippen molar-refractivity contribution in [3.8, 4) is 0 Å². The molecule has 1 aromatic rings. The number of halogens is 1. The second-order valence-electron chi connectivity index (χ2n) is 4.14. The third kappa shape index (κ3) is 4.00. The van der Waals surface area contributed by atoms with Crippen molar-refractivity contribution in [3.63, 3.8) is 0 Å². The number of rotatable bonds is 8. The summed E-state index contributed by atoms with van der Waals surface area (Å²) in [7, 11) is 0. The highest BCUT2D eigenvalue weighted by Gasteiger charge is 2.29. The van der Waals surface area contributed by atoms with Crippen LogP contribution in [-0.2, 0) is 0 Å². The summed E-state index contributed by atoms with van der Waals surface area (Å²) in [6.07, 6.45) is 0. The van der Waals surface area contributed by atoms with E-state index in [4.69, 9.17) is 10.8 Å². The van der Waals surface area contributed by atoms with Gasteiger partial charge >= 0.3 is 0 Å². The van der Waals surface area contributed by atoms with Crippen LogP contribution in [0.3, 0.4) is 0 Å². The van der Waals surface area contributed by atoms with E-state index in [0.29, 0.717) is 11.0 Å². The molecule has 10 nitrogen and oxygen atoms in total. The minimum Gasteiger partial charge on any atom is -0.395 e. The van der Waals surface area contributed by atoms with E-state index in [0.717, 1.165) is 12.1 Å². The van der Waals surface area contributed by atoms with E-state index in [1.807, 2.05) is 22.6 Å². The fourth-order valence-electron chi connectivity index (χ4n) is 1.93. The number of carbonyl (C=O) groups is 1. The molecule has 0 aliphatic carbocycles. The number of nitro benzene ring substituents is 2. The zero-order valence-corrected chi connectivity index (χ0v) is 13.4. The largest absolute Gasteiger partial charge is 0.395 e. The van der Waals surface area contributed by atoms with Gasteiger partial charge in [-0.3, -0.25) is 25.0 Å². The van der Waals surface area contributed by atoms with Crippen molar-refractivity contribution in [1.82, 2.24) is 0 Å². The van der Waals surface area contributed by atoms with Crippen LogP contribution < -0.4 is 10.6 Å². The van der Waals surface area contributed by atoms with Gasteiger partial charge in [0.25, 0.3) is 17.3 Å². The van der Waals surface area contributed by atoms with E-state index in [9.17, 15) is 25.0 Å². The van der Waals surface area contributed by atoms with Crippen molar-refractivity contribution in [1.29, 1.82) is 0 Å². The molecule has 0 aliphatic rings. The van der Waals surface area contributed by atoms with Crippen molar-refractivity contribution < 1.29 is 19.7 Å². The lowest BCUT2D eigenvalue weighted by Crippen LogP contribution is -2.31. The van der Waals surface area contributed by atoms with Crippen LogP contribution in [0.4, 0.5) is 17.1 Å². The highest BCUT2D eigenvalue weighted by molar-refractivity contribution is 14.1. The van der Waals surface area contributed by atoms with Crippen molar-refractivity contribution in [2.75, 3.05) is 29.0 Å². The first-order valence-corrected chi connectivity index (χ1v) is 7.54. The molecule has 3 N–H and O–H groups in total. The van der Waals surface area contributed by atoms with Gasteiger partial charge in [0.05, 0.1) is 28.1 Å². The third-order valence-corrected chi connectivity index (χ3v) is 3.27. The Morgan fingerprint density at radius 1 is 1.27 bits per heavy atom. The number of aliphatic hydroxyl groups excluding tert-OH is 1. The summed E-state index contributed by atoms with van der Waals surface area (Å²) in [4.78, 5) is 33.4. The van der Waals surface area contributed by atoms with Gasteiger partial charge in [-0.15, -0.1) is 0 Å². The Morgan fingerprint density at radius 2 is 1.91 bits per heavy atom. The molecule has 0 fully saturated rings. The van der Waals surface area contributed by atoms with Crippen LogP contribution in [0.5, 0.6) is 0 Å². The second-order valence-corrected chi connectivity index (χ2v) is 5.22. The number of aliphatic hydroxyl groups is 1. The van der Waals surface area contributed by atoms with Crippen molar-refractivity contribution in [3.05, 3.63) is 37.9 Å². The van der Waals surface area contributed by atoms with Crippen LogP contribution in [0, 0.1) is 20.2 Å². The maximum absolute atomic E-state index is 11.6. The van der Waals surface area contributed by atoms with Gasteiger partial charge in [-0.2, -0.15) is 0 Å². The number of hydrogen-bond donors (Lipinski definition) is 2. The number of benzene rings is 1. The average molecular weight is 424 g/mol. The Kier molecular flexibility index (Phi) is 6.42. The van der Waals surface area contributed by atoms with E-state index >= 15 is 0 Å². The standard InChI is InChI=1S/C11H13IN4O6/c12-1-2-14(3-4-17)10-8(11(13)18)5-7(15(19)20)6-9(10)16(21)22/h5-6,17H,1-4H2,(H2,13,18). The number of non-ortho nitro benzene ring substituents is 1. The molecular weight excluding hydrogens is 411 g/mol. The van der Waals surface area contributed by atoms with Gasteiger partial charge in [-0.05, 0) is 0 Å². The molecule has 0 heterocycles. The number of nitrogens with two attached hydrogens (primary N) is 1. The maximum atomic E-state index is 11.6. The molecule has 22 heavy (non-hydrogen) atoms. The summed E-state index contributed by atoms with van der Waals surface area (Å²) < 4.78 is 0.560. The first kappa shape index (κ1) is 18.0. The third-order valence-electron chi connectivity index (χ3n) is 2.79. The van der Waals surface area contributed by atoms with E-state index < -0.39 is 27.1 Å². The van der Waals surface area contributed by atoms with E-state index in [2.05, 4.69) is 0 Å². The lowest BCUT2D eigenvalue weighted by atomic mass is 10.1. The topological polar surface area (TPSA) is 153 Å². The number of carbonyl (C=O) groups excluding carboxylic acids is 1. The number of nitrogens with zero attached hydrogens (tertiary/aromatic N) is 3. The fourth-order valence-corrected chi connectivity index (χ4v) is 2.51. The minimum atomic E-state index is -1.02. The van der Waals surface area contributed by atoms with Gasteiger partial charge < -0.3 is 15.7 Å². The Labute approximate surface area is 138 Å². The first-order chi connectivity index (χ1) is 10.3. The Balaban J connectivity index is 3.66. The van der Waals surface area contributed by atoms with Gasteiger partial charge in [0.1, 0.15) is 5.69 Å². The van der Waals surface area contributed by atoms with Crippen molar-refractivity contribution in [2.24, 2.45) is 5.73 Å². The second kappa shape index (κ2) is 7.84. The van der Waals surface area contributed by atoms with Crippen LogP contribution in [0.15, 0.2) is 12.1 Å². The SMILES string of the molecule is NC(=O)c1cc([N+](=O)[O-])cc([N+](=O)[O-])c1N(CCO)CCI. The molecular formula is C11H13IN4O6. The molecule has 1 amide bonds. The molecule has 1 aromatic carbocycles. The summed E-state index contributed by atoms with van der Waals surface area (Å²) in [5.41, 5.74) is 3.58. The maximum Gasteiger partial charge on any atom is 0.300 e. The highest BCUT2D eigenvalue weighted by atomic mass is 127. The van der Waals surface area contributed by atoms with Crippen LogP contribution in [0.2, 0.25) is 0 Å². The van der Waals surface area contributed by atoms with Crippen molar-refractivity contribution >= 4 is 45.6 Å². The predicted molar refractivity (Wildman–Crippen MR) is 86.5 cm³/mol. The molecule has 0 bridgehead atoms. The van der Waals surface area contributed by atoms with Gasteiger partial charge in [-0.25, -0.2) is 0 Å². The van der Waals surface area contributed by atoms with Gasteiger partial charge in [0.2, 0.25) is 0 Å². The lowest BCUT2D eigenvalue weighted by Gasteiger charge is -2.24. The van der Waals surface area contributed by atoms with Crippen molar-refractivity contribution in [2.45, 2.75) is 0 Å². The van der Waals surface area contributed by atoms with E-state index in [1.54, 1.807) is 0 Å². The fraction of sp³-hybridized carbons (Fsp3) is 0.364. The Hall–Kier alpha value is -2.02. The molecule has 0 atom stereocenters. The summed E-state index contributed by atoms with van der Waals surface area (Å²) in [6.45, 7) is 0.0327. The molecule has 0 radical (unpaired) electrons. The van der Waals surface area contributed by atoms with Gasteiger partial charge in [0.15, 0.2) is 0 Å². The summed E-state index contributed by atoms with van der Waals surface area (Å²) in [5.74, 6) is -1.02. The zero-order valence-electron chi connectivity index (χ0n) is 11.3. The molecule has 11 heteroatoms. The Morgan fingerprint density at radius 3 is 2.32 bits per heavy atom. The minimum absolute atomic E-state index is 0.0297. The smallest absolute Gasteiger partial charge is 0.300 e. The Bertz CT molecular complexity index is 567. The molecule has 0 aromatic heterocycles. The van der Waals surface area contributed by atoms with Crippen LogP contribution in [0.25, 0.3) is 0 Å². The van der Waals surface area contributed by atoms with Gasteiger partial charge in [-0.1, -0.05) is 22.6 Å². The molecule has 0 saturated heterocycles. The molecule has 0 unspecified atom stereocenters. The quantitative estimate of drug-likeness (QED) is 0.271. The monoisotopic (exact) mass is 424 g/mol. The lowest BCUT2D eigenvalue weighted by molar-refractivity contribution is -0.393. The number of hydrogen-bond acceptors (Lipinski definition) is 7. The molecule has 0 spiro atoms. The number of primary amides is 1. The molecule has 0 aliphatic heterocycles. The van der Waals surface area contributed by atoms with Gasteiger partial charge in [0, 0.05) is 23.6 Å². The van der Waals surface area contributed by atoms with E-state index in [1.165, 1.54) is 4.90 Å². The number of nitro groups is 2.